The highest BCUT2D eigenvalue weighted by Gasteiger charge is 2.24. The Hall–Kier alpha value is -2.78. The van der Waals surface area contributed by atoms with Crippen LogP contribution in [0, 0.1) is 0 Å². The van der Waals surface area contributed by atoms with Crippen LogP contribution in [0.3, 0.4) is 0 Å². The van der Waals surface area contributed by atoms with Crippen LogP contribution in [-0.2, 0) is 9.53 Å². The maximum atomic E-state index is 12.3. The molecule has 29 heavy (non-hydrogen) atoms. The lowest BCUT2D eigenvalue weighted by molar-refractivity contribution is -0.115. The number of esters is 1. The molecule has 0 spiro atoms. The number of nitrogens with zero attached hydrogens (tertiary/aromatic N) is 1. The van der Waals surface area contributed by atoms with Crippen molar-refractivity contribution >= 4 is 56.5 Å². The summed E-state index contributed by atoms with van der Waals surface area (Å²) >= 11 is 4.56. The standard InChI is InChI=1S/C20H17BrN2O5S/c1-3-28-19(26)11-4-6-13(7-5-11)22-20-23-18(25)17(29-20)9-12-8-16(27-2)15(24)10-14(12)21/h4-10,24H,3H2,1-2H3,(H,22,23,25). The van der Waals surface area contributed by atoms with Crippen LogP contribution in [0.4, 0.5) is 5.69 Å². The van der Waals surface area contributed by atoms with E-state index >= 15 is 0 Å². The van der Waals surface area contributed by atoms with E-state index in [0.29, 0.717) is 43.7 Å². The second-order valence-electron chi connectivity index (χ2n) is 5.79. The minimum atomic E-state index is -0.393. The lowest BCUT2D eigenvalue weighted by Crippen LogP contribution is -2.19. The fraction of sp³-hybridized carbons (Fsp3) is 0.150. The summed E-state index contributed by atoms with van der Waals surface area (Å²) in [5.74, 6) is -0.371. The first kappa shape index (κ1) is 20.9. The van der Waals surface area contributed by atoms with Gasteiger partial charge in [0.05, 0.1) is 29.9 Å². The Morgan fingerprint density at radius 1 is 1.31 bits per heavy atom. The number of phenols is 1. The van der Waals surface area contributed by atoms with Crippen molar-refractivity contribution in [3.63, 3.8) is 0 Å². The van der Waals surface area contributed by atoms with Gasteiger partial charge in [-0.05, 0) is 66.7 Å². The number of amides is 1. The number of ether oxygens (including phenoxy) is 2. The number of benzene rings is 2. The molecular weight excluding hydrogens is 460 g/mol. The predicted octanol–water partition coefficient (Wildman–Crippen LogP) is 4.23. The molecule has 9 heteroatoms. The van der Waals surface area contributed by atoms with Gasteiger partial charge < -0.3 is 19.9 Å². The summed E-state index contributed by atoms with van der Waals surface area (Å²) in [6, 6.07) is 9.72. The topological polar surface area (TPSA) is 97.2 Å². The quantitative estimate of drug-likeness (QED) is 0.494. The third kappa shape index (κ3) is 4.99. The monoisotopic (exact) mass is 476 g/mol. The molecule has 0 saturated carbocycles. The molecule has 3 rings (SSSR count). The number of aliphatic imine (C=N–C) groups is 1. The molecule has 150 valence electrons. The zero-order chi connectivity index (χ0) is 21.0. The number of phenolic OH excluding ortho intramolecular Hbond substituents is 1. The van der Waals surface area contributed by atoms with Crippen LogP contribution >= 0.6 is 27.7 Å². The van der Waals surface area contributed by atoms with E-state index in [4.69, 9.17) is 9.47 Å². The largest absolute Gasteiger partial charge is 0.504 e. The number of thioether (sulfide) groups is 1. The first-order valence-electron chi connectivity index (χ1n) is 8.54. The van der Waals surface area contributed by atoms with Gasteiger partial charge in [-0.3, -0.25) is 4.79 Å². The Kier molecular flexibility index (Phi) is 6.60. The zero-order valence-corrected chi connectivity index (χ0v) is 18.0. The lowest BCUT2D eigenvalue weighted by atomic mass is 10.2. The average molecular weight is 477 g/mol. The van der Waals surface area contributed by atoms with Crippen LogP contribution in [0.25, 0.3) is 6.08 Å². The van der Waals surface area contributed by atoms with Gasteiger partial charge in [-0.1, -0.05) is 15.9 Å². The molecule has 1 aliphatic heterocycles. The molecule has 1 heterocycles. The summed E-state index contributed by atoms with van der Waals surface area (Å²) in [6.45, 7) is 2.06. The fourth-order valence-electron chi connectivity index (χ4n) is 2.46. The summed E-state index contributed by atoms with van der Waals surface area (Å²) in [4.78, 5) is 28.8. The predicted molar refractivity (Wildman–Crippen MR) is 116 cm³/mol. The highest BCUT2D eigenvalue weighted by molar-refractivity contribution is 9.10. The molecule has 0 unspecified atom stereocenters. The molecule has 7 nitrogen and oxygen atoms in total. The Morgan fingerprint density at radius 3 is 2.69 bits per heavy atom. The number of nitrogens with one attached hydrogen (secondary N) is 1. The van der Waals surface area contributed by atoms with E-state index in [1.807, 2.05) is 0 Å². The molecule has 1 saturated heterocycles. The highest BCUT2D eigenvalue weighted by atomic mass is 79.9. The van der Waals surface area contributed by atoms with Crippen LogP contribution in [-0.4, -0.2) is 35.9 Å². The normalized spacial score (nSPS) is 16.2. The molecule has 0 aromatic heterocycles. The summed E-state index contributed by atoms with van der Waals surface area (Å²) in [5, 5.41) is 12.9. The number of carbonyl (C=O) groups is 2. The van der Waals surface area contributed by atoms with Crippen LogP contribution in [0.15, 0.2) is 50.8 Å². The summed E-state index contributed by atoms with van der Waals surface area (Å²) < 4.78 is 10.7. The Bertz CT molecular complexity index is 1020. The second-order valence-corrected chi connectivity index (χ2v) is 7.68. The molecule has 0 aliphatic carbocycles. The van der Waals surface area contributed by atoms with Crippen molar-refractivity contribution in [2.75, 3.05) is 13.7 Å². The summed E-state index contributed by atoms with van der Waals surface area (Å²) in [6.07, 6.45) is 1.68. The van der Waals surface area contributed by atoms with Crippen molar-refractivity contribution in [2.45, 2.75) is 6.92 Å². The summed E-state index contributed by atoms with van der Waals surface area (Å²) in [5.41, 5.74) is 1.71. The van der Waals surface area contributed by atoms with E-state index in [1.165, 1.54) is 24.9 Å². The van der Waals surface area contributed by atoms with Gasteiger partial charge >= 0.3 is 5.97 Å². The van der Waals surface area contributed by atoms with E-state index in [9.17, 15) is 14.7 Å². The average Bonchev–Trinajstić information content (AvgIpc) is 3.03. The third-order valence-corrected chi connectivity index (χ3v) is 5.44. The molecule has 0 bridgehead atoms. The lowest BCUT2D eigenvalue weighted by Gasteiger charge is -2.06. The minimum Gasteiger partial charge on any atom is -0.504 e. The van der Waals surface area contributed by atoms with Crippen LogP contribution < -0.4 is 10.1 Å². The number of hydrogen-bond donors (Lipinski definition) is 2. The van der Waals surface area contributed by atoms with Crippen molar-refractivity contribution in [1.82, 2.24) is 5.32 Å². The van der Waals surface area contributed by atoms with E-state index in [-0.39, 0.29) is 11.7 Å². The van der Waals surface area contributed by atoms with Crippen molar-refractivity contribution < 1.29 is 24.2 Å². The molecule has 1 aliphatic rings. The van der Waals surface area contributed by atoms with E-state index in [0.717, 1.165) is 0 Å². The van der Waals surface area contributed by atoms with Crippen molar-refractivity contribution in [1.29, 1.82) is 0 Å². The molecule has 0 atom stereocenters. The van der Waals surface area contributed by atoms with Gasteiger partial charge in [-0.25, -0.2) is 9.79 Å². The molecule has 0 radical (unpaired) electrons. The number of halogens is 1. The third-order valence-electron chi connectivity index (χ3n) is 3.84. The van der Waals surface area contributed by atoms with E-state index in [1.54, 1.807) is 43.3 Å². The number of methoxy groups -OCH3 is 1. The Balaban J connectivity index is 1.80. The van der Waals surface area contributed by atoms with Crippen LogP contribution in [0.5, 0.6) is 11.5 Å². The van der Waals surface area contributed by atoms with E-state index in [2.05, 4.69) is 26.2 Å². The first-order valence-corrected chi connectivity index (χ1v) is 10.2. The van der Waals surface area contributed by atoms with Gasteiger partial charge in [0.1, 0.15) is 0 Å². The van der Waals surface area contributed by atoms with Gasteiger partial charge in [0, 0.05) is 4.47 Å². The molecule has 2 N–H and O–H groups in total. The highest BCUT2D eigenvalue weighted by Crippen LogP contribution is 2.35. The zero-order valence-electron chi connectivity index (χ0n) is 15.6. The number of carbonyl (C=O) groups excluding carboxylic acids is 2. The molecule has 1 fully saturated rings. The summed E-state index contributed by atoms with van der Waals surface area (Å²) in [7, 11) is 1.45. The fourth-order valence-corrected chi connectivity index (χ4v) is 3.74. The Morgan fingerprint density at radius 2 is 2.03 bits per heavy atom. The minimum absolute atomic E-state index is 0.00133. The van der Waals surface area contributed by atoms with Gasteiger partial charge in [0.15, 0.2) is 16.7 Å². The molecule has 1 amide bonds. The molecular formula is C20H17BrN2O5S. The first-order chi connectivity index (χ1) is 13.9. The van der Waals surface area contributed by atoms with Crippen molar-refractivity contribution in [3.05, 3.63) is 56.9 Å². The van der Waals surface area contributed by atoms with Crippen LogP contribution in [0.2, 0.25) is 0 Å². The Labute approximate surface area is 179 Å². The molecule has 2 aromatic carbocycles. The van der Waals surface area contributed by atoms with Crippen molar-refractivity contribution in [2.24, 2.45) is 4.99 Å². The van der Waals surface area contributed by atoms with Gasteiger partial charge in [-0.2, -0.15) is 0 Å². The van der Waals surface area contributed by atoms with Gasteiger partial charge in [0.25, 0.3) is 5.91 Å². The number of aromatic hydroxyl groups is 1. The molecule has 2 aromatic rings. The van der Waals surface area contributed by atoms with Crippen molar-refractivity contribution in [3.8, 4) is 11.5 Å². The smallest absolute Gasteiger partial charge is 0.338 e. The van der Waals surface area contributed by atoms with Crippen LogP contribution in [0.1, 0.15) is 22.8 Å². The maximum Gasteiger partial charge on any atom is 0.338 e. The second kappa shape index (κ2) is 9.15. The van der Waals surface area contributed by atoms with Gasteiger partial charge in [0.2, 0.25) is 0 Å². The maximum absolute atomic E-state index is 12.3. The van der Waals surface area contributed by atoms with E-state index < -0.39 is 5.97 Å². The number of rotatable bonds is 5. The SMILES string of the molecule is CCOC(=O)c1ccc(N=C2NC(=O)C(=Cc3cc(OC)c(O)cc3Br)S2)cc1. The number of amidine groups is 1. The van der Waals surface area contributed by atoms with Gasteiger partial charge in [-0.15, -0.1) is 0 Å². The number of hydrogen-bond acceptors (Lipinski definition) is 7.